The van der Waals surface area contributed by atoms with Gasteiger partial charge in [0.15, 0.2) is 9.84 Å². The lowest BCUT2D eigenvalue weighted by atomic mass is 9.68. The Bertz CT molecular complexity index is 1540. The van der Waals surface area contributed by atoms with Crippen LogP contribution in [0.4, 0.5) is 19.0 Å². The quantitative estimate of drug-likeness (QED) is 0.511. The van der Waals surface area contributed by atoms with Crippen LogP contribution in [-0.4, -0.2) is 39.6 Å². The first-order chi connectivity index (χ1) is 17.3. The molecule has 1 spiro atoms. The Morgan fingerprint density at radius 1 is 1.11 bits per heavy atom. The Labute approximate surface area is 211 Å². The van der Waals surface area contributed by atoms with Crippen LogP contribution in [0.1, 0.15) is 61.8 Å². The second-order valence-corrected chi connectivity index (χ2v) is 12.4. The van der Waals surface area contributed by atoms with Crippen LogP contribution in [0, 0.1) is 11.2 Å². The van der Waals surface area contributed by atoms with Crippen molar-refractivity contribution in [2.24, 2.45) is 12.5 Å². The molecule has 1 saturated heterocycles. The van der Waals surface area contributed by atoms with Gasteiger partial charge in [-0.05, 0) is 44.1 Å². The fourth-order valence-corrected chi connectivity index (χ4v) is 8.07. The summed E-state index contributed by atoms with van der Waals surface area (Å²) in [5.41, 5.74) is -2.46. The molecule has 8 nitrogen and oxygen atoms in total. The fraction of sp³-hybridized carbons (Fsp3) is 0.480. The number of pyridine rings is 1. The van der Waals surface area contributed by atoms with Gasteiger partial charge in [0, 0.05) is 18.2 Å². The van der Waals surface area contributed by atoms with Crippen molar-refractivity contribution in [2.45, 2.75) is 50.7 Å². The van der Waals surface area contributed by atoms with Crippen LogP contribution < -0.4 is 10.9 Å². The van der Waals surface area contributed by atoms with Crippen molar-refractivity contribution in [3.05, 3.63) is 63.5 Å². The predicted octanol–water partition coefficient (Wildman–Crippen LogP) is 3.75. The molecule has 2 N–H and O–H groups in total. The maximum atomic E-state index is 14.7. The number of alkyl halides is 2. The van der Waals surface area contributed by atoms with Crippen molar-refractivity contribution in [1.29, 1.82) is 0 Å². The highest BCUT2D eigenvalue weighted by molar-refractivity contribution is 7.92. The van der Waals surface area contributed by atoms with E-state index in [1.807, 2.05) is 0 Å². The molecule has 0 unspecified atom stereocenters. The van der Waals surface area contributed by atoms with Crippen molar-refractivity contribution in [1.82, 2.24) is 14.5 Å². The average Bonchev–Trinajstić information content (AvgIpc) is 2.82. The third-order valence-corrected chi connectivity index (χ3v) is 9.91. The predicted molar refractivity (Wildman–Crippen MR) is 132 cm³/mol. The van der Waals surface area contributed by atoms with Crippen LogP contribution >= 0.6 is 0 Å². The van der Waals surface area contributed by atoms with E-state index in [1.54, 1.807) is 6.92 Å². The molecule has 1 saturated carbocycles. The van der Waals surface area contributed by atoms with Gasteiger partial charge in [0.2, 0.25) is 0 Å². The SMILES string of the molecule is C[C@@H](Nc1ncnc2c1cc(C1(O)CCC3(CC1)CS(=O)(=O)C3)c(=O)n2C)c1cccc(C(F)F)c1F. The number of hydrogen-bond acceptors (Lipinski definition) is 7. The first-order valence-electron chi connectivity index (χ1n) is 12.0. The molecule has 2 aliphatic rings. The van der Waals surface area contributed by atoms with Gasteiger partial charge in [-0.25, -0.2) is 31.6 Å². The first kappa shape index (κ1) is 25.7. The Balaban J connectivity index is 1.50. The smallest absolute Gasteiger partial charge is 0.266 e. The number of sulfone groups is 1. The zero-order valence-corrected chi connectivity index (χ0v) is 21.2. The summed E-state index contributed by atoms with van der Waals surface area (Å²) in [7, 11) is -1.51. The summed E-state index contributed by atoms with van der Waals surface area (Å²) < 4.78 is 65.9. The largest absolute Gasteiger partial charge is 0.385 e. The summed E-state index contributed by atoms with van der Waals surface area (Å²) in [6, 6.07) is 4.57. The van der Waals surface area contributed by atoms with Gasteiger partial charge in [0.1, 0.15) is 23.6 Å². The molecule has 1 atom stereocenters. The topological polar surface area (TPSA) is 114 Å². The zero-order chi connectivity index (χ0) is 26.8. The molecule has 198 valence electrons. The van der Waals surface area contributed by atoms with Crippen LogP contribution in [0.25, 0.3) is 11.0 Å². The molecule has 3 heterocycles. The molecule has 37 heavy (non-hydrogen) atoms. The average molecular weight is 537 g/mol. The van der Waals surface area contributed by atoms with Crippen molar-refractivity contribution in [2.75, 3.05) is 16.8 Å². The second kappa shape index (κ2) is 8.80. The number of anilines is 1. The lowest BCUT2D eigenvalue weighted by molar-refractivity contribution is -0.0333. The molecule has 2 aromatic heterocycles. The fourth-order valence-electron chi connectivity index (χ4n) is 5.71. The maximum Gasteiger partial charge on any atom is 0.266 e. The van der Waals surface area contributed by atoms with E-state index in [0.717, 1.165) is 6.07 Å². The number of hydrogen-bond donors (Lipinski definition) is 2. The van der Waals surface area contributed by atoms with Crippen LogP contribution in [-0.2, 0) is 22.5 Å². The number of aryl methyl sites for hydroxylation is 1. The van der Waals surface area contributed by atoms with Gasteiger partial charge in [-0.15, -0.1) is 0 Å². The van der Waals surface area contributed by atoms with Crippen LogP contribution in [0.2, 0.25) is 0 Å². The van der Waals surface area contributed by atoms with Gasteiger partial charge in [-0.1, -0.05) is 18.2 Å². The molecule has 12 heteroatoms. The molecular formula is C25H27F3N4O4S. The van der Waals surface area contributed by atoms with Crippen LogP contribution in [0.3, 0.4) is 0 Å². The number of rotatable bonds is 5. The monoisotopic (exact) mass is 536 g/mol. The van der Waals surface area contributed by atoms with E-state index < -0.39 is 44.8 Å². The van der Waals surface area contributed by atoms with E-state index in [-0.39, 0.29) is 52.4 Å². The van der Waals surface area contributed by atoms with Crippen LogP contribution in [0.5, 0.6) is 0 Å². The maximum absolute atomic E-state index is 14.7. The minimum absolute atomic E-state index is 0.0289. The Morgan fingerprint density at radius 3 is 2.38 bits per heavy atom. The van der Waals surface area contributed by atoms with E-state index in [9.17, 15) is 31.5 Å². The second-order valence-electron chi connectivity index (χ2n) is 10.4. The number of halogens is 3. The molecule has 0 radical (unpaired) electrons. The highest BCUT2D eigenvalue weighted by atomic mass is 32.2. The Hall–Kier alpha value is -2.99. The number of aliphatic hydroxyl groups is 1. The third-order valence-electron chi connectivity index (χ3n) is 7.81. The van der Waals surface area contributed by atoms with Crippen LogP contribution in [0.15, 0.2) is 35.4 Å². The van der Waals surface area contributed by atoms with Gasteiger partial charge in [0.25, 0.3) is 12.0 Å². The van der Waals surface area contributed by atoms with E-state index in [1.165, 1.54) is 36.1 Å². The van der Waals surface area contributed by atoms with E-state index in [4.69, 9.17) is 0 Å². The van der Waals surface area contributed by atoms with Crippen molar-refractivity contribution >= 4 is 26.7 Å². The molecule has 3 aromatic rings. The van der Waals surface area contributed by atoms with E-state index in [2.05, 4.69) is 15.3 Å². The lowest BCUT2D eigenvalue weighted by Crippen LogP contribution is -2.53. The zero-order valence-electron chi connectivity index (χ0n) is 20.3. The van der Waals surface area contributed by atoms with Crippen molar-refractivity contribution < 1.29 is 26.7 Å². The third kappa shape index (κ3) is 4.39. The van der Waals surface area contributed by atoms with Gasteiger partial charge in [-0.2, -0.15) is 0 Å². The summed E-state index contributed by atoms with van der Waals surface area (Å²) in [5.74, 6) is -0.548. The highest BCUT2D eigenvalue weighted by Crippen LogP contribution is 2.51. The summed E-state index contributed by atoms with van der Waals surface area (Å²) in [5, 5.41) is 15.0. The molecule has 0 bridgehead atoms. The van der Waals surface area contributed by atoms with E-state index >= 15 is 0 Å². The molecule has 2 fully saturated rings. The minimum Gasteiger partial charge on any atom is -0.385 e. The van der Waals surface area contributed by atoms with E-state index in [0.29, 0.717) is 18.2 Å². The number of nitrogens with one attached hydrogen (secondary N) is 1. The van der Waals surface area contributed by atoms with Crippen molar-refractivity contribution in [3.8, 4) is 0 Å². The van der Waals surface area contributed by atoms with Crippen molar-refractivity contribution in [3.63, 3.8) is 0 Å². The van der Waals surface area contributed by atoms with Gasteiger partial charge in [-0.3, -0.25) is 9.36 Å². The molecule has 0 amide bonds. The molecule has 1 aromatic carbocycles. The molecule has 1 aliphatic carbocycles. The summed E-state index contributed by atoms with van der Waals surface area (Å²) in [4.78, 5) is 21.7. The number of benzene rings is 1. The minimum atomic E-state index is -3.03. The Kier molecular flexibility index (Phi) is 6.10. The number of fused-ring (bicyclic) bond motifs is 1. The van der Waals surface area contributed by atoms with Gasteiger partial charge < -0.3 is 10.4 Å². The summed E-state index contributed by atoms with van der Waals surface area (Å²) >= 11 is 0. The standard InChI is InChI=1S/C25H27F3N4O4S/c1-14(15-4-3-5-16(19(15)26)20(27)28)31-21-17-10-18(23(33)32(2)22(17)30-13-29-21)25(34)8-6-24(7-9-25)11-37(35,36)12-24/h3-5,10,13-14,20,34H,6-9,11-12H2,1-2H3,(H,29,30,31)/t14-/m1/s1. The van der Waals surface area contributed by atoms with Gasteiger partial charge >= 0.3 is 0 Å². The highest BCUT2D eigenvalue weighted by Gasteiger charge is 2.53. The summed E-state index contributed by atoms with van der Waals surface area (Å²) in [6.45, 7) is 1.60. The number of aromatic nitrogens is 3. The number of nitrogens with zero attached hydrogens (tertiary/aromatic N) is 3. The van der Waals surface area contributed by atoms with Gasteiger partial charge in [0.05, 0.1) is 34.1 Å². The lowest BCUT2D eigenvalue weighted by Gasteiger charge is -2.48. The molecular weight excluding hydrogens is 509 g/mol. The molecule has 1 aliphatic heterocycles. The molecule has 5 rings (SSSR count). The normalized spacial score (nSPS) is 20.6. The Morgan fingerprint density at radius 2 is 1.76 bits per heavy atom. The first-order valence-corrected chi connectivity index (χ1v) is 13.8. The summed E-state index contributed by atoms with van der Waals surface area (Å²) in [6.07, 6.45) is -0.282.